The molecule has 35 heavy (non-hydrogen) atoms. The van der Waals surface area contributed by atoms with Crippen LogP contribution in [-0.4, -0.2) is 30.4 Å². The maximum absolute atomic E-state index is 12.8. The van der Waals surface area contributed by atoms with E-state index in [0.717, 1.165) is 35.3 Å². The predicted molar refractivity (Wildman–Crippen MR) is 130 cm³/mol. The molecule has 2 unspecified atom stereocenters. The second-order valence-electron chi connectivity index (χ2n) is 8.52. The van der Waals surface area contributed by atoms with Crippen LogP contribution in [0.25, 0.3) is 0 Å². The lowest BCUT2D eigenvalue weighted by molar-refractivity contribution is -0.149. The molecule has 0 fully saturated rings. The number of esters is 1. The lowest BCUT2D eigenvalue weighted by atomic mass is 9.89. The summed E-state index contributed by atoms with van der Waals surface area (Å²) >= 11 is 1.41. The van der Waals surface area contributed by atoms with E-state index in [1.54, 1.807) is 6.07 Å². The van der Waals surface area contributed by atoms with Gasteiger partial charge < -0.3 is 19.8 Å². The molecule has 2 amide bonds. The van der Waals surface area contributed by atoms with Crippen molar-refractivity contribution < 1.29 is 23.5 Å². The van der Waals surface area contributed by atoms with Gasteiger partial charge in [0.1, 0.15) is 17.1 Å². The molecule has 0 bridgehead atoms. The number of fused-ring (bicyclic) bond motifs is 1. The lowest BCUT2D eigenvalue weighted by Gasteiger charge is -2.17. The fraction of sp³-hybridized carbons (Fsp3) is 0.308. The minimum absolute atomic E-state index is 0.0635. The van der Waals surface area contributed by atoms with Gasteiger partial charge in [0.2, 0.25) is 0 Å². The second kappa shape index (κ2) is 11.0. The third kappa shape index (κ3) is 5.97. The highest BCUT2D eigenvalue weighted by atomic mass is 32.1. The lowest BCUT2D eigenvalue weighted by Crippen LogP contribution is -2.44. The molecule has 4 rings (SSSR count). The Hall–Kier alpha value is -3.90. The average molecular weight is 492 g/mol. The molecule has 1 aliphatic rings. The van der Waals surface area contributed by atoms with Gasteiger partial charge in [-0.1, -0.05) is 37.3 Å². The van der Waals surface area contributed by atoms with E-state index in [4.69, 9.17) is 9.15 Å². The zero-order valence-electron chi connectivity index (χ0n) is 19.2. The molecule has 2 heterocycles. The van der Waals surface area contributed by atoms with Crippen molar-refractivity contribution in [1.82, 2.24) is 5.32 Å². The Morgan fingerprint density at radius 3 is 2.74 bits per heavy atom. The van der Waals surface area contributed by atoms with E-state index in [1.807, 2.05) is 30.3 Å². The van der Waals surface area contributed by atoms with Crippen LogP contribution in [0, 0.1) is 17.2 Å². The molecule has 8 nitrogen and oxygen atoms in total. The van der Waals surface area contributed by atoms with Crippen molar-refractivity contribution in [3.05, 3.63) is 76.1 Å². The Kier molecular flexibility index (Phi) is 7.63. The van der Waals surface area contributed by atoms with Gasteiger partial charge in [-0.25, -0.2) is 4.79 Å². The summed E-state index contributed by atoms with van der Waals surface area (Å²) < 4.78 is 10.3. The van der Waals surface area contributed by atoms with E-state index in [9.17, 15) is 19.6 Å². The highest BCUT2D eigenvalue weighted by Gasteiger charge is 2.27. The van der Waals surface area contributed by atoms with E-state index in [2.05, 4.69) is 23.6 Å². The van der Waals surface area contributed by atoms with Crippen LogP contribution in [0.4, 0.5) is 5.00 Å². The molecular formula is C26H25N3O5S. The van der Waals surface area contributed by atoms with Crippen molar-refractivity contribution in [3.8, 4) is 6.07 Å². The van der Waals surface area contributed by atoms with E-state index in [0.29, 0.717) is 16.5 Å². The molecule has 180 valence electrons. The molecule has 0 radical (unpaired) electrons. The highest BCUT2D eigenvalue weighted by molar-refractivity contribution is 7.16. The van der Waals surface area contributed by atoms with Crippen LogP contribution < -0.4 is 10.6 Å². The van der Waals surface area contributed by atoms with E-state index in [1.165, 1.54) is 23.7 Å². The summed E-state index contributed by atoms with van der Waals surface area (Å²) in [7, 11) is 0. The number of anilines is 1. The summed E-state index contributed by atoms with van der Waals surface area (Å²) in [5, 5.41) is 15.4. The van der Waals surface area contributed by atoms with Crippen LogP contribution in [0.5, 0.6) is 0 Å². The average Bonchev–Trinajstić information content (AvgIpc) is 3.50. The first-order valence-electron chi connectivity index (χ1n) is 11.3. The number of nitrogens with one attached hydrogen (secondary N) is 2. The first kappa shape index (κ1) is 24.2. The molecule has 9 heteroatoms. The Morgan fingerprint density at radius 2 is 2.03 bits per heavy atom. The van der Waals surface area contributed by atoms with E-state index >= 15 is 0 Å². The molecule has 0 aliphatic heterocycles. The number of carbonyl (C=O) groups excluding carboxylic acids is 3. The third-order valence-electron chi connectivity index (χ3n) is 5.84. The summed E-state index contributed by atoms with van der Waals surface area (Å²) in [5.41, 5.74) is 2.31. The van der Waals surface area contributed by atoms with Crippen LogP contribution in [0.1, 0.15) is 45.5 Å². The van der Waals surface area contributed by atoms with Crippen molar-refractivity contribution >= 4 is 34.1 Å². The summed E-state index contributed by atoms with van der Waals surface area (Å²) in [6.45, 7) is 1.63. The highest BCUT2D eigenvalue weighted by Crippen LogP contribution is 2.39. The Bertz CT molecular complexity index is 1240. The summed E-state index contributed by atoms with van der Waals surface area (Å²) in [6, 6.07) is 13.4. The topological polar surface area (TPSA) is 121 Å². The Balaban J connectivity index is 1.40. The number of furan rings is 1. The molecule has 2 aromatic heterocycles. The summed E-state index contributed by atoms with van der Waals surface area (Å²) in [5.74, 6) is -1.25. The maximum atomic E-state index is 12.8. The largest absolute Gasteiger partial charge is 0.459 e. The molecule has 3 aromatic rings. The fourth-order valence-corrected chi connectivity index (χ4v) is 5.41. The molecule has 0 saturated heterocycles. The first-order chi connectivity index (χ1) is 16.9. The van der Waals surface area contributed by atoms with Crippen LogP contribution in [0.15, 0.2) is 53.1 Å². The van der Waals surface area contributed by atoms with Crippen LogP contribution in [0.2, 0.25) is 0 Å². The van der Waals surface area contributed by atoms with E-state index in [-0.39, 0.29) is 12.2 Å². The van der Waals surface area contributed by atoms with Gasteiger partial charge in [0.25, 0.3) is 11.8 Å². The van der Waals surface area contributed by atoms with Crippen molar-refractivity contribution in [2.75, 3.05) is 11.9 Å². The number of rotatable bonds is 8. The molecule has 1 aliphatic carbocycles. The summed E-state index contributed by atoms with van der Waals surface area (Å²) in [6.07, 6.45) is 4.26. The molecule has 0 spiro atoms. The van der Waals surface area contributed by atoms with Crippen molar-refractivity contribution in [2.24, 2.45) is 5.92 Å². The Morgan fingerprint density at radius 1 is 1.23 bits per heavy atom. The van der Waals surface area contributed by atoms with Gasteiger partial charge in [-0.15, -0.1) is 11.3 Å². The normalized spacial score (nSPS) is 15.4. The SMILES string of the molecule is CC1CCc2c(sc(NC(=O)COC(=O)C(Cc3ccccc3)NC(=O)c3ccco3)c2C#N)C1. The number of hydrogen-bond donors (Lipinski definition) is 2. The zero-order chi connectivity index (χ0) is 24.8. The first-order valence-corrected chi connectivity index (χ1v) is 12.2. The number of hydrogen-bond acceptors (Lipinski definition) is 7. The molecular weight excluding hydrogens is 466 g/mol. The number of amides is 2. The molecule has 2 atom stereocenters. The van der Waals surface area contributed by atoms with Gasteiger partial charge >= 0.3 is 5.97 Å². The number of ether oxygens (including phenoxy) is 1. The third-order valence-corrected chi connectivity index (χ3v) is 7.01. The number of thiophene rings is 1. The van der Waals surface area contributed by atoms with Crippen molar-refractivity contribution in [2.45, 2.75) is 38.6 Å². The second-order valence-corrected chi connectivity index (χ2v) is 9.62. The minimum Gasteiger partial charge on any atom is -0.459 e. The van der Waals surface area contributed by atoms with Gasteiger partial charge in [-0.3, -0.25) is 9.59 Å². The zero-order valence-corrected chi connectivity index (χ0v) is 20.0. The van der Waals surface area contributed by atoms with Crippen LogP contribution in [0.3, 0.4) is 0 Å². The standard InChI is InChI=1S/C26H25N3O5S/c1-16-9-10-18-19(14-27)25(35-22(18)12-16)29-23(30)15-34-26(32)20(13-17-6-3-2-4-7-17)28-24(31)21-8-5-11-33-21/h2-8,11,16,20H,9-10,12-13,15H2,1H3,(H,28,31)(H,29,30). The molecule has 0 saturated carbocycles. The van der Waals surface area contributed by atoms with Gasteiger partial charge in [0, 0.05) is 11.3 Å². The van der Waals surface area contributed by atoms with Crippen molar-refractivity contribution in [1.29, 1.82) is 5.26 Å². The smallest absolute Gasteiger partial charge is 0.329 e. The van der Waals surface area contributed by atoms with Gasteiger partial charge in [0.15, 0.2) is 12.4 Å². The minimum atomic E-state index is -1.02. The molecule has 1 aromatic carbocycles. The maximum Gasteiger partial charge on any atom is 0.329 e. The quantitative estimate of drug-likeness (QED) is 0.462. The van der Waals surface area contributed by atoms with E-state index < -0.39 is 30.4 Å². The van der Waals surface area contributed by atoms with Crippen LogP contribution >= 0.6 is 11.3 Å². The molecule has 2 N–H and O–H groups in total. The predicted octanol–water partition coefficient (Wildman–Crippen LogP) is 3.86. The monoisotopic (exact) mass is 491 g/mol. The van der Waals surface area contributed by atoms with Gasteiger partial charge in [0.05, 0.1) is 11.8 Å². The summed E-state index contributed by atoms with van der Waals surface area (Å²) in [4.78, 5) is 39.0. The van der Waals surface area contributed by atoms with Crippen molar-refractivity contribution in [3.63, 3.8) is 0 Å². The fourth-order valence-electron chi connectivity index (χ4n) is 4.04. The number of nitrogens with zero attached hydrogens (tertiary/aromatic N) is 1. The van der Waals surface area contributed by atoms with Gasteiger partial charge in [-0.2, -0.15) is 5.26 Å². The number of carbonyl (C=O) groups is 3. The van der Waals surface area contributed by atoms with Crippen LogP contribution in [-0.2, 0) is 33.6 Å². The number of nitriles is 1. The number of benzene rings is 1. The Labute approximate surface area is 206 Å². The van der Waals surface area contributed by atoms with Gasteiger partial charge in [-0.05, 0) is 48.4 Å².